The van der Waals surface area contributed by atoms with Crippen LogP contribution in [0.1, 0.15) is 32.3 Å². The van der Waals surface area contributed by atoms with Crippen LogP contribution in [0, 0.1) is 17.0 Å². The number of nitro groups is 1. The summed E-state index contributed by atoms with van der Waals surface area (Å²) in [7, 11) is 0. The van der Waals surface area contributed by atoms with E-state index in [0.29, 0.717) is 24.1 Å². The van der Waals surface area contributed by atoms with E-state index in [9.17, 15) is 14.9 Å². The minimum atomic E-state index is -0.945. The third kappa shape index (κ3) is 3.29. The Balaban J connectivity index is 2.98. The lowest BCUT2D eigenvalue weighted by Gasteiger charge is -2.25. The summed E-state index contributed by atoms with van der Waals surface area (Å²) in [5.74, 6) is -0.323. The number of carbonyl (C=O) groups is 1. The second kappa shape index (κ2) is 5.79. The lowest BCUT2D eigenvalue weighted by atomic mass is 9.93. The maximum absolute atomic E-state index is 12.1. The summed E-state index contributed by atoms with van der Waals surface area (Å²) in [5, 5.41) is 13.5. The first kappa shape index (κ1) is 15.1. The second-order valence-electron chi connectivity index (χ2n) is 4.58. The molecular formula is C13H19N3O3. The van der Waals surface area contributed by atoms with Gasteiger partial charge >= 0.3 is 0 Å². The second-order valence-corrected chi connectivity index (χ2v) is 4.58. The molecule has 0 spiro atoms. The van der Waals surface area contributed by atoms with Crippen molar-refractivity contribution in [3.8, 4) is 0 Å². The van der Waals surface area contributed by atoms with Crippen LogP contribution in [0.4, 0.5) is 11.4 Å². The minimum absolute atomic E-state index is 0.0200. The van der Waals surface area contributed by atoms with Gasteiger partial charge in [0.25, 0.3) is 5.69 Å². The Kier molecular flexibility index (Phi) is 4.61. The number of nitrogens with two attached hydrogens (primary N) is 1. The van der Waals surface area contributed by atoms with Crippen LogP contribution in [0.3, 0.4) is 0 Å². The Bertz CT molecular complexity index is 496. The van der Waals surface area contributed by atoms with Gasteiger partial charge in [0, 0.05) is 17.3 Å². The molecule has 0 bridgehead atoms. The van der Waals surface area contributed by atoms with Crippen molar-refractivity contribution in [1.82, 2.24) is 0 Å². The predicted molar refractivity (Wildman–Crippen MR) is 74.0 cm³/mol. The molecule has 1 rings (SSSR count). The molecular weight excluding hydrogens is 246 g/mol. The van der Waals surface area contributed by atoms with Crippen LogP contribution < -0.4 is 11.1 Å². The van der Waals surface area contributed by atoms with Gasteiger partial charge in [-0.3, -0.25) is 14.9 Å². The number of carbonyl (C=O) groups excluding carboxylic acids is 1. The Labute approximate surface area is 112 Å². The summed E-state index contributed by atoms with van der Waals surface area (Å²) in [4.78, 5) is 22.4. The van der Waals surface area contributed by atoms with E-state index in [4.69, 9.17) is 5.73 Å². The van der Waals surface area contributed by atoms with Gasteiger partial charge in [0.15, 0.2) is 0 Å². The van der Waals surface area contributed by atoms with Crippen LogP contribution >= 0.6 is 0 Å². The first-order chi connectivity index (χ1) is 8.84. The highest BCUT2D eigenvalue weighted by Gasteiger charge is 2.30. The van der Waals surface area contributed by atoms with Crippen LogP contribution in [0.5, 0.6) is 0 Å². The number of hydrogen-bond donors (Lipinski definition) is 2. The van der Waals surface area contributed by atoms with Gasteiger partial charge < -0.3 is 11.1 Å². The first-order valence-corrected chi connectivity index (χ1v) is 6.19. The standard InChI is InChI=1S/C13H19N3O3/c1-4-13(14,5-2)12(17)15-10-7-6-9(3)11(8-10)16(18)19/h6-8H,4-5,14H2,1-3H3,(H,15,17). The van der Waals surface area contributed by atoms with E-state index in [0.717, 1.165) is 0 Å². The Morgan fingerprint density at radius 1 is 1.42 bits per heavy atom. The van der Waals surface area contributed by atoms with Gasteiger partial charge in [-0.2, -0.15) is 0 Å². The van der Waals surface area contributed by atoms with Crippen molar-refractivity contribution < 1.29 is 9.72 Å². The van der Waals surface area contributed by atoms with Crippen LogP contribution in [0.2, 0.25) is 0 Å². The summed E-state index contributed by atoms with van der Waals surface area (Å²) < 4.78 is 0. The zero-order chi connectivity index (χ0) is 14.6. The smallest absolute Gasteiger partial charge is 0.274 e. The number of anilines is 1. The molecule has 0 heterocycles. The predicted octanol–water partition coefficient (Wildman–Crippen LogP) is 2.36. The van der Waals surface area contributed by atoms with E-state index in [1.165, 1.54) is 6.07 Å². The van der Waals surface area contributed by atoms with Gasteiger partial charge in [0.1, 0.15) is 0 Å². The SMILES string of the molecule is CCC(N)(CC)C(=O)Nc1ccc(C)c([N+](=O)[O-])c1. The third-order valence-electron chi connectivity index (χ3n) is 3.38. The molecule has 3 N–H and O–H groups in total. The molecule has 6 heteroatoms. The molecule has 0 atom stereocenters. The molecule has 0 unspecified atom stereocenters. The lowest BCUT2D eigenvalue weighted by molar-refractivity contribution is -0.385. The van der Waals surface area contributed by atoms with Crippen molar-refractivity contribution in [2.45, 2.75) is 39.2 Å². The molecule has 0 fully saturated rings. The van der Waals surface area contributed by atoms with Gasteiger partial charge in [-0.05, 0) is 25.8 Å². The van der Waals surface area contributed by atoms with E-state index in [-0.39, 0.29) is 11.6 Å². The molecule has 1 amide bonds. The molecule has 6 nitrogen and oxygen atoms in total. The molecule has 19 heavy (non-hydrogen) atoms. The molecule has 0 saturated carbocycles. The van der Waals surface area contributed by atoms with E-state index >= 15 is 0 Å². The van der Waals surface area contributed by atoms with Crippen molar-refractivity contribution in [2.75, 3.05) is 5.32 Å². The van der Waals surface area contributed by atoms with E-state index in [2.05, 4.69) is 5.32 Å². The normalized spacial score (nSPS) is 11.2. The highest BCUT2D eigenvalue weighted by atomic mass is 16.6. The van der Waals surface area contributed by atoms with Crippen molar-refractivity contribution >= 4 is 17.3 Å². The molecule has 0 saturated heterocycles. The van der Waals surface area contributed by atoms with E-state index in [1.54, 1.807) is 19.1 Å². The summed E-state index contributed by atoms with van der Waals surface area (Å²) in [6, 6.07) is 4.58. The molecule has 0 aliphatic carbocycles. The largest absolute Gasteiger partial charge is 0.324 e. The monoisotopic (exact) mass is 265 g/mol. The molecule has 1 aromatic rings. The number of aryl methyl sites for hydroxylation is 1. The zero-order valence-electron chi connectivity index (χ0n) is 11.4. The Morgan fingerprint density at radius 3 is 2.47 bits per heavy atom. The Hall–Kier alpha value is -1.95. The highest BCUT2D eigenvalue weighted by Crippen LogP contribution is 2.23. The molecule has 0 aliphatic rings. The summed E-state index contributed by atoms with van der Waals surface area (Å²) in [6.45, 7) is 5.32. The topological polar surface area (TPSA) is 98.3 Å². The summed E-state index contributed by atoms with van der Waals surface area (Å²) in [6.07, 6.45) is 1.01. The molecule has 104 valence electrons. The highest BCUT2D eigenvalue weighted by molar-refractivity contribution is 5.98. The molecule has 1 aromatic carbocycles. The third-order valence-corrected chi connectivity index (χ3v) is 3.38. The van der Waals surface area contributed by atoms with Crippen LogP contribution in [-0.2, 0) is 4.79 Å². The number of benzene rings is 1. The number of rotatable bonds is 5. The average molecular weight is 265 g/mol. The maximum atomic E-state index is 12.1. The fourth-order valence-corrected chi connectivity index (χ4v) is 1.71. The quantitative estimate of drug-likeness (QED) is 0.630. The van der Waals surface area contributed by atoms with Crippen molar-refractivity contribution in [3.05, 3.63) is 33.9 Å². The van der Waals surface area contributed by atoms with Crippen molar-refractivity contribution in [3.63, 3.8) is 0 Å². The number of amides is 1. The number of nitro benzene ring substituents is 1. The Morgan fingerprint density at radius 2 is 2.00 bits per heavy atom. The molecule has 0 aromatic heterocycles. The summed E-state index contributed by atoms with van der Waals surface area (Å²) >= 11 is 0. The maximum Gasteiger partial charge on any atom is 0.274 e. The molecule has 0 radical (unpaired) electrons. The van der Waals surface area contributed by atoms with Crippen molar-refractivity contribution in [1.29, 1.82) is 0 Å². The van der Waals surface area contributed by atoms with Crippen LogP contribution in [0.25, 0.3) is 0 Å². The lowest BCUT2D eigenvalue weighted by Crippen LogP contribution is -2.50. The fraction of sp³-hybridized carbons (Fsp3) is 0.462. The van der Waals surface area contributed by atoms with E-state index in [1.807, 2.05) is 13.8 Å². The van der Waals surface area contributed by atoms with Crippen molar-refractivity contribution in [2.24, 2.45) is 5.73 Å². The number of hydrogen-bond acceptors (Lipinski definition) is 4. The van der Waals surface area contributed by atoms with Crippen LogP contribution in [-0.4, -0.2) is 16.4 Å². The zero-order valence-corrected chi connectivity index (χ0v) is 11.4. The van der Waals surface area contributed by atoms with Gasteiger partial charge in [-0.1, -0.05) is 19.9 Å². The first-order valence-electron chi connectivity index (χ1n) is 6.19. The molecule has 0 aliphatic heterocycles. The average Bonchev–Trinajstić information content (AvgIpc) is 2.39. The van der Waals surface area contributed by atoms with Gasteiger partial charge in [-0.15, -0.1) is 0 Å². The minimum Gasteiger partial charge on any atom is -0.324 e. The fourth-order valence-electron chi connectivity index (χ4n) is 1.71. The summed E-state index contributed by atoms with van der Waals surface area (Å²) in [5.41, 5.74) is 5.94. The number of nitrogens with zero attached hydrogens (tertiary/aromatic N) is 1. The van der Waals surface area contributed by atoms with Gasteiger partial charge in [-0.25, -0.2) is 0 Å². The number of nitrogens with one attached hydrogen (secondary N) is 1. The van der Waals surface area contributed by atoms with E-state index < -0.39 is 10.5 Å². The van der Waals surface area contributed by atoms with Gasteiger partial charge in [0.2, 0.25) is 5.91 Å². The van der Waals surface area contributed by atoms with Crippen LogP contribution in [0.15, 0.2) is 18.2 Å². The van der Waals surface area contributed by atoms with Gasteiger partial charge in [0.05, 0.1) is 10.5 Å².